The van der Waals surface area contributed by atoms with Gasteiger partial charge in [0.25, 0.3) is 0 Å². The van der Waals surface area contributed by atoms with E-state index in [1.807, 2.05) is 0 Å². The first-order chi connectivity index (χ1) is 18.1. The molecule has 3 amide bonds. The Labute approximate surface area is 219 Å². The van der Waals surface area contributed by atoms with E-state index >= 15 is 0 Å². The van der Waals surface area contributed by atoms with Crippen molar-refractivity contribution in [3.8, 4) is 0 Å². The number of hydrogen-bond donors (Lipinski definition) is 4. The molecule has 0 aliphatic carbocycles. The summed E-state index contributed by atoms with van der Waals surface area (Å²) in [6, 6.07) is 0. The molecule has 218 valence electrons. The van der Waals surface area contributed by atoms with Gasteiger partial charge >= 0.3 is 0 Å². The summed E-state index contributed by atoms with van der Waals surface area (Å²) in [7, 11) is 0. The van der Waals surface area contributed by atoms with Gasteiger partial charge in [0, 0.05) is 19.6 Å². The lowest BCUT2D eigenvalue weighted by Gasteiger charge is -2.09. The minimum atomic E-state index is -0.299. The van der Waals surface area contributed by atoms with Crippen molar-refractivity contribution in [2.45, 2.75) is 26.2 Å². The van der Waals surface area contributed by atoms with Crippen molar-refractivity contribution >= 4 is 17.7 Å². The number of ether oxygens (including phenoxy) is 6. The molecule has 0 radical (unpaired) electrons. The zero-order valence-corrected chi connectivity index (χ0v) is 22.1. The van der Waals surface area contributed by atoms with E-state index < -0.39 is 0 Å². The van der Waals surface area contributed by atoms with Crippen molar-refractivity contribution in [2.24, 2.45) is 5.90 Å². The molecule has 0 atom stereocenters. The molecule has 0 aliphatic rings. The Morgan fingerprint density at radius 1 is 0.514 bits per heavy atom. The molecule has 0 aromatic carbocycles. The third kappa shape index (κ3) is 28.5. The Morgan fingerprint density at radius 2 is 0.892 bits per heavy atom. The first-order valence-electron chi connectivity index (χ1n) is 12.7. The van der Waals surface area contributed by atoms with E-state index in [1.165, 1.54) is 0 Å². The van der Waals surface area contributed by atoms with Crippen molar-refractivity contribution in [3.05, 3.63) is 0 Å². The minimum absolute atomic E-state index is 0.129. The van der Waals surface area contributed by atoms with Gasteiger partial charge < -0.3 is 44.4 Å². The first kappa shape index (κ1) is 35.1. The Kier molecular flexibility index (Phi) is 27.2. The SMILES string of the molecule is CCCCCNC(=O)COCC(=O)NCCOCCOCCOCCOCCOCCNC(=O)CON. The van der Waals surface area contributed by atoms with Crippen LogP contribution in [0.5, 0.6) is 0 Å². The lowest BCUT2D eigenvalue weighted by atomic mass is 10.2. The molecule has 0 aliphatic heterocycles. The number of hydrogen-bond acceptors (Lipinski definition) is 11. The van der Waals surface area contributed by atoms with Gasteiger partial charge in [0.05, 0.1) is 66.1 Å². The van der Waals surface area contributed by atoms with Gasteiger partial charge in [-0.2, -0.15) is 0 Å². The van der Waals surface area contributed by atoms with Crippen molar-refractivity contribution in [1.29, 1.82) is 0 Å². The third-order valence-electron chi connectivity index (χ3n) is 4.41. The number of unbranched alkanes of at least 4 members (excludes halogenated alkanes) is 2. The number of carbonyl (C=O) groups is 3. The van der Waals surface area contributed by atoms with Crippen LogP contribution in [0.3, 0.4) is 0 Å². The van der Waals surface area contributed by atoms with Gasteiger partial charge in [-0.25, -0.2) is 5.90 Å². The van der Waals surface area contributed by atoms with E-state index in [0.29, 0.717) is 85.7 Å². The van der Waals surface area contributed by atoms with Crippen LogP contribution in [0.15, 0.2) is 0 Å². The van der Waals surface area contributed by atoms with Crippen LogP contribution in [0.4, 0.5) is 0 Å². The largest absolute Gasteiger partial charge is 0.377 e. The Hall–Kier alpha value is -1.91. The second-order valence-electron chi connectivity index (χ2n) is 7.62. The van der Waals surface area contributed by atoms with Crippen LogP contribution in [-0.2, 0) is 47.6 Å². The molecule has 0 aromatic heterocycles. The highest BCUT2D eigenvalue weighted by Crippen LogP contribution is 1.91. The summed E-state index contributed by atoms with van der Waals surface area (Å²) < 4.78 is 31.9. The van der Waals surface area contributed by atoms with E-state index in [9.17, 15) is 14.4 Å². The molecular weight excluding hydrogens is 492 g/mol. The Bertz CT molecular complexity index is 558. The van der Waals surface area contributed by atoms with Gasteiger partial charge in [0.1, 0.15) is 19.8 Å². The topological polar surface area (TPSA) is 178 Å². The van der Waals surface area contributed by atoms with Gasteiger partial charge in [-0.15, -0.1) is 0 Å². The smallest absolute Gasteiger partial charge is 0.248 e. The number of rotatable bonds is 28. The third-order valence-corrected chi connectivity index (χ3v) is 4.41. The van der Waals surface area contributed by atoms with Gasteiger partial charge in [-0.3, -0.25) is 19.2 Å². The zero-order chi connectivity index (χ0) is 27.2. The zero-order valence-electron chi connectivity index (χ0n) is 22.1. The van der Waals surface area contributed by atoms with Crippen molar-refractivity contribution in [2.75, 3.05) is 106 Å². The van der Waals surface area contributed by atoms with Crippen LogP contribution >= 0.6 is 0 Å². The second kappa shape index (κ2) is 28.7. The lowest BCUT2D eigenvalue weighted by molar-refractivity contribution is -0.131. The molecule has 0 spiro atoms. The predicted molar refractivity (Wildman–Crippen MR) is 134 cm³/mol. The number of nitrogens with two attached hydrogens (primary N) is 1. The van der Waals surface area contributed by atoms with Crippen LogP contribution in [-0.4, -0.2) is 123 Å². The van der Waals surface area contributed by atoms with E-state index in [2.05, 4.69) is 27.7 Å². The summed E-state index contributed by atoms with van der Waals surface area (Å²) in [5.74, 6) is 3.97. The van der Waals surface area contributed by atoms with Gasteiger partial charge in [-0.05, 0) is 6.42 Å². The van der Waals surface area contributed by atoms with Crippen molar-refractivity contribution in [3.63, 3.8) is 0 Å². The fraction of sp³-hybridized carbons (Fsp3) is 0.870. The van der Waals surface area contributed by atoms with E-state index in [1.54, 1.807) is 0 Å². The van der Waals surface area contributed by atoms with Crippen LogP contribution in [0.25, 0.3) is 0 Å². The number of amides is 3. The maximum absolute atomic E-state index is 11.6. The number of nitrogens with one attached hydrogen (secondary N) is 3. The normalized spacial score (nSPS) is 10.9. The lowest BCUT2D eigenvalue weighted by Crippen LogP contribution is -2.33. The van der Waals surface area contributed by atoms with E-state index in [-0.39, 0.29) is 37.5 Å². The fourth-order valence-corrected chi connectivity index (χ4v) is 2.57. The Balaban J connectivity index is 3.22. The summed E-state index contributed by atoms with van der Waals surface area (Å²) in [4.78, 5) is 38.4. The maximum Gasteiger partial charge on any atom is 0.248 e. The van der Waals surface area contributed by atoms with Gasteiger partial charge in [0.2, 0.25) is 17.7 Å². The molecular formula is C23H46N4O10. The molecule has 0 aromatic rings. The summed E-state index contributed by atoms with van der Waals surface area (Å²) in [5, 5.41) is 7.97. The minimum Gasteiger partial charge on any atom is -0.377 e. The van der Waals surface area contributed by atoms with Gasteiger partial charge in [0.15, 0.2) is 0 Å². The molecule has 0 heterocycles. The van der Waals surface area contributed by atoms with Crippen LogP contribution < -0.4 is 21.8 Å². The van der Waals surface area contributed by atoms with Crippen LogP contribution in [0.1, 0.15) is 26.2 Å². The average molecular weight is 539 g/mol. The summed E-state index contributed by atoms with van der Waals surface area (Å²) in [6.45, 7) is 7.14. The molecule has 14 heteroatoms. The predicted octanol–water partition coefficient (Wildman–Crippen LogP) is -1.48. The van der Waals surface area contributed by atoms with Crippen molar-refractivity contribution in [1.82, 2.24) is 16.0 Å². The number of carbonyl (C=O) groups excluding carboxylic acids is 3. The Morgan fingerprint density at radius 3 is 1.30 bits per heavy atom. The maximum atomic E-state index is 11.6. The van der Waals surface area contributed by atoms with Crippen LogP contribution in [0.2, 0.25) is 0 Å². The van der Waals surface area contributed by atoms with Gasteiger partial charge in [-0.1, -0.05) is 19.8 Å². The van der Waals surface area contributed by atoms with E-state index in [4.69, 9.17) is 34.3 Å². The second-order valence-corrected chi connectivity index (χ2v) is 7.62. The molecule has 14 nitrogen and oxygen atoms in total. The van der Waals surface area contributed by atoms with Crippen molar-refractivity contribution < 1.29 is 47.6 Å². The molecule has 0 saturated heterocycles. The summed E-state index contributed by atoms with van der Waals surface area (Å²) >= 11 is 0. The van der Waals surface area contributed by atoms with Crippen LogP contribution in [0, 0.1) is 0 Å². The van der Waals surface area contributed by atoms with E-state index in [0.717, 1.165) is 19.3 Å². The summed E-state index contributed by atoms with van der Waals surface area (Å²) in [5.41, 5.74) is 0. The highest BCUT2D eigenvalue weighted by molar-refractivity contribution is 5.79. The molecule has 37 heavy (non-hydrogen) atoms. The molecule has 0 fully saturated rings. The highest BCUT2D eigenvalue weighted by atomic mass is 16.6. The molecule has 0 bridgehead atoms. The standard InChI is InChI=1S/C23H46N4O10/c1-2-3-4-5-25-21(28)18-36-19-22(29)26-6-8-31-10-12-33-14-16-35-17-15-34-13-11-32-9-7-27-23(30)20-37-24/h2-20,24H2,1H3,(H,25,28)(H,26,29)(H,27,30). The molecule has 0 rings (SSSR count). The molecule has 0 unspecified atom stereocenters. The fourth-order valence-electron chi connectivity index (χ4n) is 2.57. The monoisotopic (exact) mass is 538 g/mol. The quantitative estimate of drug-likeness (QED) is 0.0674. The first-order valence-corrected chi connectivity index (χ1v) is 12.7. The average Bonchev–Trinajstić information content (AvgIpc) is 2.88. The summed E-state index contributed by atoms with van der Waals surface area (Å²) in [6.07, 6.45) is 3.10. The molecule has 5 N–H and O–H groups in total. The highest BCUT2D eigenvalue weighted by Gasteiger charge is 2.04. The molecule has 0 saturated carbocycles.